The van der Waals surface area contributed by atoms with Gasteiger partial charge in [0.2, 0.25) is 15.9 Å². The fraction of sp³-hybridized carbons (Fsp3) is 0.318. The average Bonchev–Trinajstić information content (AvgIpc) is 2.75. The van der Waals surface area contributed by atoms with Crippen LogP contribution in [0.25, 0.3) is 6.08 Å². The molecule has 1 aliphatic heterocycles. The zero-order valence-corrected chi connectivity index (χ0v) is 17.8. The lowest BCUT2D eigenvalue weighted by molar-refractivity contribution is -0.111. The Kier molecular flexibility index (Phi) is 6.89. The number of hydrogen-bond donors (Lipinski definition) is 1. The fourth-order valence-corrected chi connectivity index (χ4v) is 4.98. The standard InChI is InChI=1S/C22H25FN2O4S/c1-16-6-9-18(15-19(16)23)24-22(26)11-8-17-7-10-20(29-2)21(14-17)30(27,28)25-12-4-3-5-13-25/h6-11,14-15H,3-5,12-13H2,1-2H3,(H,24,26). The van der Waals surface area contributed by atoms with E-state index in [1.165, 1.54) is 35.7 Å². The van der Waals surface area contributed by atoms with E-state index in [9.17, 15) is 17.6 Å². The molecular weight excluding hydrogens is 407 g/mol. The first-order valence-corrected chi connectivity index (χ1v) is 11.2. The first-order valence-electron chi connectivity index (χ1n) is 9.74. The predicted octanol–water partition coefficient (Wildman–Crippen LogP) is 3.97. The summed E-state index contributed by atoms with van der Waals surface area (Å²) in [6.45, 7) is 2.61. The Balaban J connectivity index is 1.80. The molecule has 1 heterocycles. The summed E-state index contributed by atoms with van der Waals surface area (Å²) < 4.78 is 46.5. The van der Waals surface area contributed by atoms with Gasteiger partial charge >= 0.3 is 0 Å². The summed E-state index contributed by atoms with van der Waals surface area (Å²) in [4.78, 5) is 12.2. The minimum Gasteiger partial charge on any atom is -0.495 e. The van der Waals surface area contributed by atoms with Crippen molar-refractivity contribution in [3.05, 3.63) is 59.4 Å². The van der Waals surface area contributed by atoms with E-state index in [-0.39, 0.29) is 10.6 Å². The SMILES string of the molecule is COc1ccc(C=CC(=O)Nc2ccc(C)c(F)c2)cc1S(=O)(=O)N1CCCCC1. The van der Waals surface area contributed by atoms with E-state index in [0.717, 1.165) is 19.3 Å². The van der Waals surface area contributed by atoms with E-state index < -0.39 is 21.7 Å². The Morgan fingerprint density at radius 3 is 2.53 bits per heavy atom. The Labute approximate surface area is 176 Å². The van der Waals surface area contributed by atoms with Crippen molar-refractivity contribution in [2.45, 2.75) is 31.1 Å². The molecule has 2 aromatic carbocycles. The zero-order chi connectivity index (χ0) is 21.7. The molecule has 1 N–H and O–H groups in total. The summed E-state index contributed by atoms with van der Waals surface area (Å²) in [7, 11) is -2.27. The van der Waals surface area contributed by atoms with Crippen LogP contribution in [0.2, 0.25) is 0 Å². The lowest BCUT2D eigenvalue weighted by Gasteiger charge is -2.26. The third-order valence-corrected chi connectivity index (χ3v) is 6.91. The van der Waals surface area contributed by atoms with Gasteiger partial charge in [-0.3, -0.25) is 4.79 Å². The number of nitrogens with zero attached hydrogens (tertiary/aromatic N) is 1. The molecule has 1 amide bonds. The van der Waals surface area contributed by atoms with Crippen LogP contribution in [0.1, 0.15) is 30.4 Å². The number of sulfonamides is 1. The van der Waals surface area contributed by atoms with Crippen LogP contribution >= 0.6 is 0 Å². The van der Waals surface area contributed by atoms with E-state index in [2.05, 4.69) is 5.32 Å². The number of nitrogens with one attached hydrogen (secondary N) is 1. The molecule has 0 aliphatic carbocycles. The van der Waals surface area contributed by atoms with Crippen LogP contribution in [-0.2, 0) is 14.8 Å². The van der Waals surface area contributed by atoms with E-state index in [1.807, 2.05) is 0 Å². The van der Waals surface area contributed by atoms with Gasteiger partial charge in [-0.15, -0.1) is 0 Å². The van der Waals surface area contributed by atoms with Crippen LogP contribution in [0.3, 0.4) is 0 Å². The highest BCUT2D eigenvalue weighted by Gasteiger charge is 2.29. The Bertz CT molecular complexity index is 1060. The smallest absolute Gasteiger partial charge is 0.248 e. The van der Waals surface area contributed by atoms with Crippen LogP contribution < -0.4 is 10.1 Å². The van der Waals surface area contributed by atoms with Crippen molar-refractivity contribution >= 4 is 27.7 Å². The number of piperidine rings is 1. The monoisotopic (exact) mass is 432 g/mol. The van der Waals surface area contributed by atoms with Crippen molar-refractivity contribution in [3.8, 4) is 5.75 Å². The molecule has 0 spiro atoms. The van der Waals surface area contributed by atoms with Crippen LogP contribution in [0.5, 0.6) is 5.75 Å². The summed E-state index contributed by atoms with van der Waals surface area (Å²) in [6, 6.07) is 9.18. The molecule has 0 radical (unpaired) electrons. The van der Waals surface area contributed by atoms with Gasteiger partial charge in [-0.25, -0.2) is 12.8 Å². The topological polar surface area (TPSA) is 75.7 Å². The lowest BCUT2D eigenvalue weighted by Crippen LogP contribution is -2.35. The molecule has 1 saturated heterocycles. The minimum atomic E-state index is -3.69. The number of aryl methyl sites for hydroxylation is 1. The van der Waals surface area contributed by atoms with Crippen molar-refractivity contribution < 1.29 is 22.3 Å². The summed E-state index contributed by atoms with van der Waals surface area (Å²) >= 11 is 0. The van der Waals surface area contributed by atoms with Gasteiger partial charge in [0, 0.05) is 24.9 Å². The largest absolute Gasteiger partial charge is 0.495 e. The van der Waals surface area contributed by atoms with E-state index in [4.69, 9.17) is 4.74 Å². The fourth-order valence-electron chi connectivity index (χ4n) is 3.27. The van der Waals surface area contributed by atoms with Crippen LogP contribution in [0.15, 0.2) is 47.4 Å². The molecule has 3 rings (SSSR count). The number of hydrogen-bond acceptors (Lipinski definition) is 4. The molecule has 30 heavy (non-hydrogen) atoms. The number of rotatable bonds is 6. The predicted molar refractivity (Wildman–Crippen MR) is 114 cm³/mol. The van der Waals surface area contributed by atoms with Gasteiger partial charge in [0.05, 0.1) is 7.11 Å². The van der Waals surface area contributed by atoms with Gasteiger partial charge in [0.15, 0.2) is 0 Å². The van der Waals surface area contributed by atoms with E-state index >= 15 is 0 Å². The number of carbonyl (C=O) groups excluding carboxylic acids is 1. The number of anilines is 1. The highest BCUT2D eigenvalue weighted by molar-refractivity contribution is 7.89. The molecular formula is C22H25FN2O4S. The molecule has 0 atom stereocenters. The normalized spacial score (nSPS) is 15.3. The highest BCUT2D eigenvalue weighted by Crippen LogP contribution is 2.30. The van der Waals surface area contributed by atoms with Gasteiger partial charge in [0.1, 0.15) is 16.5 Å². The van der Waals surface area contributed by atoms with Gasteiger partial charge in [-0.05, 0) is 61.2 Å². The molecule has 0 saturated carbocycles. The quantitative estimate of drug-likeness (QED) is 0.701. The van der Waals surface area contributed by atoms with Crippen LogP contribution in [-0.4, -0.2) is 38.8 Å². The minimum absolute atomic E-state index is 0.0788. The van der Waals surface area contributed by atoms with E-state index in [1.54, 1.807) is 31.2 Å². The van der Waals surface area contributed by atoms with Gasteiger partial charge in [0.25, 0.3) is 0 Å². The molecule has 6 nitrogen and oxygen atoms in total. The van der Waals surface area contributed by atoms with Crippen LogP contribution in [0, 0.1) is 12.7 Å². The number of ether oxygens (including phenoxy) is 1. The van der Waals surface area contributed by atoms with Gasteiger partial charge in [-0.2, -0.15) is 4.31 Å². The van der Waals surface area contributed by atoms with Crippen molar-refractivity contribution in [1.29, 1.82) is 0 Å². The molecule has 8 heteroatoms. The highest BCUT2D eigenvalue weighted by atomic mass is 32.2. The molecule has 2 aromatic rings. The summed E-state index contributed by atoms with van der Waals surface area (Å²) in [5, 5.41) is 2.58. The maximum atomic E-state index is 13.6. The van der Waals surface area contributed by atoms with Crippen molar-refractivity contribution in [2.75, 3.05) is 25.5 Å². The molecule has 0 aromatic heterocycles. The van der Waals surface area contributed by atoms with Crippen molar-refractivity contribution in [3.63, 3.8) is 0 Å². The second-order valence-electron chi connectivity index (χ2n) is 7.16. The maximum absolute atomic E-state index is 13.6. The third kappa shape index (κ3) is 5.06. The molecule has 1 aliphatic rings. The summed E-state index contributed by atoms with van der Waals surface area (Å²) in [6.07, 6.45) is 5.47. The Morgan fingerprint density at radius 1 is 1.13 bits per heavy atom. The molecule has 0 unspecified atom stereocenters. The number of carbonyl (C=O) groups is 1. The average molecular weight is 433 g/mol. The first-order chi connectivity index (χ1) is 14.3. The number of halogens is 1. The molecule has 0 bridgehead atoms. The number of amides is 1. The van der Waals surface area contributed by atoms with Crippen LogP contribution in [0.4, 0.5) is 10.1 Å². The summed E-state index contributed by atoms with van der Waals surface area (Å²) in [5.74, 6) is -0.591. The molecule has 1 fully saturated rings. The molecule has 160 valence electrons. The summed E-state index contributed by atoms with van der Waals surface area (Å²) in [5.41, 5.74) is 1.37. The maximum Gasteiger partial charge on any atom is 0.248 e. The number of methoxy groups -OCH3 is 1. The second kappa shape index (κ2) is 9.40. The third-order valence-electron chi connectivity index (χ3n) is 4.99. The number of benzene rings is 2. The Morgan fingerprint density at radius 2 is 1.87 bits per heavy atom. The first kappa shape index (κ1) is 22.0. The zero-order valence-electron chi connectivity index (χ0n) is 17.0. The van der Waals surface area contributed by atoms with Crippen molar-refractivity contribution in [2.24, 2.45) is 0 Å². The Hall–Kier alpha value is -2.71. The lowest BCUT2D eigenvalue weighted by atomic mass is 10.2. The van der Waals surface area contributed by atoms with Crippen molar-refractivity contribution in [1.82, 2.24) is 4.31 Å². The van der Waals surface area contributed by atoms with E-state index in [0.29, 0.717) is 29.9 Å². The second-order valence-corrected chi connectivity index (χ2v) is 9.07. The van der Waals surface area contributed by atoms with Gasteiger partial charge in [-0.1, -0.05) is 18.6 Å². The van der Waals surface area contributed by atoms with Gasteiger partial charge < -0.3 is 10.1 Å².